The predicted molar refractivity (Wildman–Crippen MR) is 128 cm³/mol. The molecule has 1 aromatic carbocycles. The molecule has 7 nitrogen and oxygen atoms in total. The van der Waals surface area contributed by atoms with E-state index >= 15 is 0 Å². The van der Waals surface area contributed by atoms with Crippen LogP contribution < -0.4 is 9.64 Å². The minimum Gasteiger partial charge on any atom is -0.496 e. The van der Waals surface area contributed by atoms with Gasteiger partial charge in [-0.05, 0) is 50.6 Å². The molecule has 0 atom stereocenters. The van der Waals surface area contributed by atoms with E-state index in [0.717, 1.165) is 88.5 Å². The van der Waals surface area contributed by atoms with Gasteiger partial charge in [-0.15, -0.1) is 5.10 Å². The SMILES string of the molecule is COc1ccc(Cl)cc1CN1CCN(c2cc(C)nc3c4c(C)cc(C)nc4nn23)CC1. The van der Waals surface area contributed by atoms with Crippen LogP contribution in [0, 0.1) is 20.8 Å². The zero-order valence-corrected chi connectivity index (χ0v) is 19.6. The number of fused-ring (bicyclic) bond motifs is 3. The first kappa shape index (κ1) is 21.0. The van der Waals surface area contributed by atoms with E-state index in [2.05, 4.69) is 33.8 Å². The Labute approximate surface area is 192 Å². The molecule has 0 radical (unpaired) electrons. The van der Waals surface area contributed by atoms with Gasteiger partial charge < -0.3 is 9.64 Å². The van der Waals surface area contributed by atoms with Crippen molar-refractivity contribution in [3.63, 3.8) is 0 Å². The molecule has 0 unspecified atom stereocenters. The number of ether oxygens (including phenoxy) is 1. The fourth-order valence-electron chi connectivity index (χ4n) is 4.60. The van der Waals surface area contributed by atoms with Crippen molar-refractivity contribution >= 4 is 34.1 Å². The van der Waals surface area contributed by atoms with Crippen molar-refractivity contribution in [3.05, 3.63) is 57.9 Å². The summed E-state index contributed by atoms with van der Waals surface area (Å²) in [6, 6.07) is 10.0. The van der Waals surface area contributed by atoms with Gasteiger partial charge in [-0.25, -0.2) is 9.97 Å². The molecule has 1 saturated heterocycles. The Morgan fingerprint density at radius 2 is 1.72 bits per heavy atom. The Balaban J connectivity index is 1.42. The van der Waals surface area contributed by atoms with Crippen LogP contribution >= 0.6 is 11.6 Å². The molecule has 4 heterocycles. The number of methoxy groups -OCH3 is 1. The van der Waals surface area contributed by atoms with Crippen LogP contribution in [0.1, 0.15) is 22.5 Å². The highest BCUT2D eigenvalue weighted by molar-refractivity contribution is 6.30. The number of hydrogen-bond donors (Lipinski definition) is 0. The summed E-state index contributed by atoms with van der Waals surface area (Å²) in [5, 5.41) is 6.60. The van der Waals surface area contributed by atoms with Gasteiger partial charge in [-0.3, -0.25) is 4.90 Å². The van der Waals surface area contributed by atoms with E-state index in [4.69, 9.17) is 26.4 Å². The van der Waals surface area contributed by atoms with Gasteiger partial charge in [0.1, 0.15) is 11.6 Å². The average molecular weight is 451 g/mol. The number of hydrogen-bond acceptors (Lipinski definition) is 6. The zero-order chi connectivity index (χ0) is 22.4. The van der Waals surface area contributed by atoms with Gasteiger partial charge in [-0.2, -0.15) is 4.52 Å². The smallest absolute Gasteiger partial charge is 0.184 e. The highest BCUT2D eigenvalue weighted by atomic mass is 35.5. The maximum Gasteiger partial charge on any atom is 0.184 e. The molecule has 0 saturated carbocycles. The first-order valence-electron chi connectivity index (χ1n) is 10.9. The molecule has 4 aromatic rings. The second kappa shape index (κ2) is 8.22. The Kier molecular flexibility index (Phi) is 5.39. The summed E-state index contributed by atoms with van der Waals surface area (Å²) in [6.45, 7) is 10.7. The number of benzene rings is 1. The lowest BCUT2D eigenvalue weighted by Crippen LogP contribution is -2.46. The molecule has 8 heteroatoms. The summed E-state index contributed by atoms with van der Waals surface area (Å²) in [4.78, 5) is 14.3. The van der Waals surface area contributed by atoms with Crippen molar-refractivity contribution < 1.29 is 4.74 Å². The topological polar surface area (TPSA) is 58.8 Å². The lowest BCUT2D eigenvalue weighted by Gasteiger charge is -2.36. The molecular weight excluding hydrogens is 424 g/mol. The number of piperazine rings is 1. The molecule has 0 aliphatic carbocycles. The molecule has 1 aliphatic rings. The number of anilines is 1. The second-order valence-electron chi connectivity index (χ2n) is 8.49. The fourth-order valence-corrected chi connectivity index (χ4v) is 4.79. The normalized spacial score (nSPS) is 15.1. The van der Waals surface area contributed by atoms with Gasteiger partial charge in [0.05, 0.1) is 12.5 Å². The standard InChI is InChI=1S/C24H27ClN6O/c1-15-11-16(2)26-23-22(15)24-27-17(3)12-21(31(24)28-23)30-9-7-29(8-10-30)14-18-13-19(25)5-6-20(18)32-4/h5-6,11-13H,7-10,14H2,1-4H3. The zero-order valence-electron chi connectivity index (χ0n) is 18.9. The maximum absolute atomic E-state index is 6.22. The summed E-state index contributed by atoms with van der Waals surface area (Å²) in [5.74, 6) is 1.95. The van der Waals surface area contributed by atoms with Crippen LogP contribution in [0.2, 0.25) is 5.02 Å². The summed E-state index contributed by atoms with van der Waals surface area (Å²) < 4.78 is 7.49. The molecule has 32 heavy (non-hydrogen) atoms. The van der Waals surface area contributed by atoms with Gasteiger partial charge in [0.25, 0.3) is 0 Å². The van der Waals surface area contributed by atoms with Gasteiger partial charge >= 0.3 is 0 Å². The maximum atomic E-state index is 6.22. The third-order valence-electron chi connectivity index (χ3n) is 6.11. The van der Waals surface area contributed by atoms with E-state index in [9.17, 15) is 0 Å². The van der Waals surface area contributed by atoms with Crippen LogP contribution in [0.5, 0.6) is 5.75 Å². The average Bonchev–Trinajstić information content (AvgIpc) is 3.12. The number of pyridine rings is 1. The van der Waals surface area contributed by atoms with Crippen LogP contribution in [0.4, 0.5) is 5.82 Å². The van der Waals surface area contributed by atoms with Crippen molar-refractivity contribution in [2.75, 3.05) is 38.2 Å². The van der Waals surface area contributed by atoms with E-state index < -0.39 is 0 Å². The molecule has 5 rings (SSSR count). The number of aromatic nitrogens is 4. The quantitative estimate of drug-likeness (QED) is 0.464. The van der Waals surface area contributed by atoms with Gasteiger partial charge in [0, 0.05) is 60.8 Å². The van der Waals surface area contributed by atoms with E-state index in [1.807, 2.05) is 36.6 Å². The van der Waals surface area contributed by atoms with Crippen LogP contribution in [0.15, 0.2) is 30.3 Å². The first-order chi connectivity index (χ1) is 15.4. The largest absolute Gasteiger partial charge is 0.496 e. The Morgan fingerprint density at radius 3 is 2.47 bits per heavy atom. The first-order valence-corrected chi connectivity index (χ1v) is 11.2. The summed E-state index contributed by atoms with van der Waals surface area (Å²) in [5.41, 5.74) is 5.87. The highest BCUT2D eigenvalue weighted by Gasteiger charge is 2.23. The Hall–Kier alpha value is -2.90. The van der Waals surface area contributed by atoms with Crippen molar-refractivity contribution in [1.82, 2.24) is 24.5 Å². The molecule has 1 aliphatic heterocycles. The van der Waals surface area contributed by atoms with Crippen LogP contribution in [0.25, 0.3) is 16.7 Å². The van der Waals surface area contributed by atoms with Crippen LogP contribution in [0.3, 0.4) is 0 Å². The highest BCUT2D eigenvalue weighted by Crippen LogP contribution is 2.28. The summed E-state index contributed by atoms with van der Waals surface area (Å²) >= 11 is 6.22. The van der Waals surface area contributed by atoms with Crippen LogP contribution in [-0.2, 0) is 6.54 Å². The molecule has 1 fully saturated rings. The fraction of sp³-hybridized carbons (Fsp3) is 0.375. The molecule has 0 amide bonds. The lowest BCUT2D eigenvalue weighted by atomic mass is 10.1. The second-order valence-corrected chi connectivity index (χ2v) is 8.93. The molecular formula is C24H27ClN6O. The number of aryl methyl sites for hydroxylation is 3. The van der Waals surface area contributed by atoms with Crippen molar-refractivity contribution in [2.24, 2.45) is 0 Å². The molecule has 3 aromatic heterocycles. The molecule has 0 N–H and O–H groups in total. The van der Waals surface area contributed by atoms with E-state index in [1.165, 1.54) is 0 Å². The number of rotatable bonds is 4. The monoisotopic (exact) mass is 450 g/mol. The number of halogens is 1. The van der Waals surface area contributed by atoms with E-state index in [1.54, 1.807) is 7.11 Å². The molecule has 0 spiro atoms. The van der Waals surface area contributed by atoms with Crippen LogP contribution in [-0.4, -0.2) is 57.8 Å². The van der Waals surface area contributed by atoms with Crippen molar-refractivity contribution in [1.29, 1.82) is 0 Å². The number of nitrogens with zero attached hydrogens (tertiary/aromatic N) is 6. The molecule has 166 valence electrons. The van der Waals surface area contributed by atoms with E-state index in [0.29, 0.717) is 0 Å². The Morgan fingerprint density at radius 1 is 0.969 bits per heavy atom. The third kappa shape index (κ3) is 3.76. The lowest BCUT2D eigenvalue weighted by molar-refractivity contribution is 0.245. The summed E-state index contributed by atoms with van der Waals surface area (Å²) in [7, 11) is 1.70. The minimum atomic E-state index is 0.735. The third-order valence-corrected chi connectivity index (χ3v) is 6.35. The van der Waals surface area contributed by atoms with Gasteiger partial charge in [0.15, 0.2) is 11.3 Å². The molecule has 0 bridgehead atoms. The minimum absolute atomic E-state index is 0.735. The predicted octanol–water partition coefficient (Wildman–Crippen LogP) is 4.19. The van der Waals surface area contributed by atoms with Gasteiger partial charge in [-0.1, -0.05) is 11.6 Å². The van der Waals surface area contributed by atoms with E-state index in [-0.39, 0.29) is 0 Å². The summed E-state index contributed by atoms with van der Waals surface area (Å²) in [6.07, 6.45) is 0. The van der Waals surface area contributed by atoms with Crippen molar-refractivity contribution in [3.8, 4) is 5.75 Å². The van der Waals surface area contributed by atoms with Crippen molar-refractivity contribution in [2.45, 2.75) is 27.3 Å². The Bertz CT molecular complexity index is 1310. The van der Waals surface area contributed by atoms with Gasteiger partial charge in [0.2, 0.25) is 0 Å².